The van der Waals surface area contributed by atoms with Gasteiger partial charge >= 0.3 is 5.97 Å². The smallest absolute Gasteiger partial charge is 0.331 e. The van der Waals surface area contributed by atoms with Crippen LogP contribution < -0.4 is 9.47 Å². The van der Waals surface area contributed by atoms with Crippen LogP contribution in [0.5, 0.6) is 11.5 Å². The molecule has 1 heterocycles. The maximum absolute atomic E-state index is 12.1. The highest BCUT2D eigenvalue weighted by molar-refractivity contribution is 6.32. The highest BCUT2D eigenvalue weighted by Crippen LogP contribution is 2.30. The summed E-state index contributed by atoms with van der Waals surface area (Å²) in [4.78, 5) is 23.9. The number of ketones is 1. The fraction of sp³-hybridized carbons (Fsp3) is 0.158. The van der Waals surface area contributed by atoms with Crippen molar-refractivity contribution in [3.05, 3.63) is 64.7 Å². The zero-order valence-corrected chi connectivity index (χ0v) is 14.0. The van der Waals surface area contributed by atoms with E-state index in [9.17, 15) is 9.59 Å². The normalized spacial score (nSPS) is 12.8. The van der Waals surface area contributed by atoms with Crippen molar-refractivity contribution in [2.24, 2.45) is 0 Å². The molecule has 0 atom stereocenters. The van der Waals surface area contributed by atoms with Gasteiger partial charge in [0.05, 0.1) is 0 Å². The first-order valence-electron chi connectivity index (χ1n) is 7.66. The number of fused-ring (bicyclic) bond motifs is 1. The third-order valence-electron chi connectivity index (χ3n) is 3.51. The minimum absolute atomic E-state index is 0.323. The van der Waals surface area contributed by atoms with Crippen LogP contribution in [0.15, 0.2) is 48.5 Å². The average Bonchev–Trinajstić information content (AvgIpc) is 2.65. The molecule has 0 spiro atoms. The Kier molecular flexibility index (Phi) is 5.36. The van der Waals surface area contributed by atoms with Gasteiger partial charge in [-0.05, 0) is 35.9 Å². The van der Waals surface area contributed by atoms with E-state index in [1.165, 1.54) is 6.08 Å². The number of ether oxygens (including phenoxy) is 3. The Morgan fingerprint density at radius 3 is 2.64 bits per heavy atom. The first-order valence-corrected chi connectivity index (χ1v) is 8.03. The number of halogens is 1. The topological polar surface area (TPSA) is 61.8 Å². The predicted octanol–water partition coefficient (Wildman–Crippen LogP) is 3.55. The number of Topliss-reactive ketones (excluding diaryl/α,β-unsaturated/α-hetero) is 1. The van der Waals surface area contributed by atoms with Gasteiger partial charge in [-0.25, -0.2) is 4.79 Å². The first-order chi connectivity index (χ1) is 12.1. The molecule has 0 saturated heterocycles. The van der Waals surface area contributed by atoms with E-state index in [1.807, 2.05) is 6.07 Å². The molecule has 0 radical (unpaired) electrons. The van der Waals surface area contributed by atoms with E-state index in [4.69, 9.17) is 25.8 Å². The Hall–Kier alpha value is -2.79. The van der Waals surface area contributed by atoms with Gasteiger partial charge in [-0.15, -0.1) is 0 Å². The summed E-state index contributed by atoms with van der Waals surface area (Å²) in [6.45, 7) is 0.563. The summed E-state index contributed by atoms with van der Waals surface area (Å²) in [6, 6.07) is 12.0. The van der Waals surface area contributed by atoms with E-state index in [1.54, 1.807) is 42.5 Å². The lowest BCUT2D eigenvalue weighted by molar-refractivity contribution is -0.136. The molecule has 0 bridgehead atoms. The van der Waals surface area contributed by atoms with Gasteiger partial charge in [0.1, 0.15) is 13.2 Å². The number of carbonyl (C=O) groups excluding carboxylic acids is 2. The van der Waals surface area contributed by atoms with Crippen LogP contribution >= 0.6 is 11.6 Å². The van der Waals surface area contributed by atoms with Gasteiger partial charge in [-0.3, -0.25) is 4.79 Å². The number of rotatable bonds is 5. The van der Waals surface area contributed by atoms with Crippen LogP contribution in [0.1, 0.15) is 15.9 Å². The Balaban J connectivity index is 1.57. The summed E-state index contributed by atoms with van der Waals surface area (Å²) < 4.78 is 15.8. The second-order valence-electron chi connectivity index (χ2n) is 5.24. The molecule has 128 valence electrons. The molecule has 25 heavy (non-hydrogen) atoms. The van der Waals surface area contributed by atoms with E-state index < -0.39 is 5.97 Å². The lowest BCUT2D eigenvalue weighted by Crippen LogP contribution is -2.17. The van der Waals surface area contributed by atoms with Crippen LogP contribution in [0.2, 0.25) is 5.02 Å². The molecule has 2 aromatic carbocycles. The van der Waals surface area contributed by atoms with Gasteiger partial charge in [0.2, 0.25) is 0 Å². The predicted molar refractivity (Wildman–Crippen MR) is 93.2 cm³/mol. The largest absolute Gasteiger partial charge is 0.486 e. The molecule has 0 N–H and O–H groups in total. The maximum atomic E-state index is 12.1. The van der Waals surface area contributed by atoms with Crippen molar-refractivity contribution in [1.82, 2.24) is 0 Å². The Morgan fingerprint density at radius 2 is 1.84 bits per heavy atom. The molecule has 0 unspecified atom stereocenters. The van der Waals surface area contributed by atoms with Crippen molar-refractivity contribution < 1.29 is 23.8 Å². The van der Waals surface area contributed by atoms with Crippen molar-refractivity contribution in [2.45, 2.75) is 0 Å². The van der Waals surface area contributed by atoms with Crippen LogP contribution in [0.25, 0.3) is 6.08 Å². The van der Waals surface area contributed by atoms with Crippen molar-refractivity contribution in [1.29, 1.82) is 0 Å². The third-order valence-corrected chi connectivity index (χ3v) is 3.86. The van der Waals surface area contributed by atoms with Crippen LogP contribution in [-0.2, 0) is 9.53 Å². The molecule has 5 nitrogen and oxygen atoms in total. The molecule has 0 aromatic heterocycles. The number of carbonyl (C=O) groups is 2. The molecule has 1 aliphatic heterocycles. The molecule has 6 heteroatoms. The zero-order valence-electron chi connectivity index (χ0n) is 13.2. The van der Waals surface area contributed by atoms with Crippen LogP contribution in [-0.4, -0.2) is 31.6 Å². The van der Waals surface area contributed by atoms with E-state index in [2.05, 4.69) is 0 Å². The highest BCUT2D eigenvalue weighted by atomic mass is 35.5. The summed E-state index contributed by atoms with van der Waals surface area (Å²) in [5, 5.41) is 0.527. The van der Waals surface area contributed by atoms with Crippen LogP contribution in [0, 0.1) is 0 Å². The van der Waals surface area contributed by atoms with Crippen LogP contribution in [0.3, 0.4) is 0 Å². The molecule has 0 amide bonds. The molecule has 3 rings (SSSR count). The fourth-order valence-electron chi connectivity index (χ4n) is 2.25. The summed E-state index contributed by atoms with van der Waals surface area (Å²) in [5.74, 6) is 0.173. The molecule has 1 aliphatic rings. The lowest BCUT2D eigenvalue weighted by Gasteiger charge is -2.18. The van der Waals surface area contributed by atoms with E-state index in [0.717, 1.165) is 0 Å². The Labute approximate surface area is 149 Å². The van der Waals surface area contributed by atoms with Crippen molar-refractivity contribution in [3.63, 3.8) is 0 Å². The van der Waals surface area contributed by atoms with Crippen molar-refractivity contribution in [3.8, 4) is 11.5 Å². The quantitative estimate of drug-likeness (QED) is 0.464. The third kappa shape index (κ3) is 4.39. The van der Waals surface area contributed by atoms with Crippen LogP contribution in [0.4, 0.5) is 0 Å². The second-order valence-corrected chi connectivity index (χ2v) is 5.65. The number of benzene rings is 2. The van der Waals surface area contributed by atoms with Gasteiger partial charge in [0.15, 0.2) is 23.9 Å². The summed E-state index contributed by atoms with van der Waals surface area (Å²) in [7, 11) is 0. The maximum Gasteiger partial charge on any atom is 0.331 e. The van der Waals surface area contributed by atoms with E-state index in [0.29, 0.717) is 40.9 Å². The molecule has 2 aromatic rings. The SMILES string of the molecule is O=C(C=Cc1ccccc1Cl)OCC(=O)c1ccc2c(c1)OCCO2. The minimum atomic E-state index is -0.620. The van der Waals surface area contributed by atoms with Crippen molar-refractivity contribution in [2.75, 3.05) is 19.8 Å². The number of hydrogen-bond acceptors (Lipinski definition) is 5. The molecule has 0 fully saturated rings. The van der Waals surface area contributed by atoms with E-state index in [-0.39, 0.29) is 12.4 Å². The summed E-state index contributed by atoms with van der Waals surface area (Å²) in [6.07, 6.45) is 2.78. The number of esters is 1. The summed E-state index contributed by atoms with van der Waals surface area (Å²) in [5.41, 5.74) is 1.09. The Bertz CT molecular complexity index is 828. The summed E-state index contributed by atoms with van der Waals surface area (Å²) >= 11 is 5.99. The minimum Gasteiger partial charge on any atom is -0.486 e. The van der Waals surface area contributed by atoms with E-state index >= 15 is 0 Å². The molecular weight excluding hydrogens is 344 g/mol. The van der Waals surface area contributed by atoms with Gasteiger partial charge in [-0.1, -0.05) is 29.8 Å². The number of hydrogen-bond donors (Lipinski definition) is 0. The standard InChI is InChI=1S/C19H15ClO5/c20-15-4-2-1-3-13(15)6-8-19(22)25-12-16(21)14-5-7-17-18(11-14)24-10-9-23-17/h1-8,11H,9-10,12H2. The zero-order chi connectivity index (χ0) is 17.6. The van der Waals surface area contributed by atoms with Gasteiger partial charge < -0.3 is 14.2 Å². The lowest BCUT2D eigenvalue weighted by atomic mass is 10.1. The monoisotopic (exact) mass is 358 g/mol. The molecule has 0 aliphatic carbocycles. The highest BCUT2D eigenvalue weighted by Gasteiger charge is 2.15. The van der Waals surface area contributed by atoms with Gasteiger partial charge in [0, 0.05) is 16.7 Å². The molecule has 0 saturated carbocycles. The first kappa shape index (κ1) is 17.0. The average molecular weight is 359 g/mol. The van der Waals surface area contributed by atoms with Gasteiger partial charge in [0.25, 0.3) is 0 Å². The molecular formula is C19H15ClO5. The Morgan fingerprint density at radius 1 is 1.08 bits per heavy atom. The fourth-order valence-corrected chi connectivity index (χ4v) is 2.45. The second kappa shape index (κ2) is 7.85. The van der Waals surface area contributed by atoms with Gasteiger partial charge in [-0.2, -0.15) is 0 Å². The van der Waals surface area contributed by atoms with Crippen molar-refractivity contribution >= 4 is 29.4 Å².